The Morgan fingerprint density at radius 2 is 2.00 bits per heavy atom. The van der Waals surface area contributed by atoms with Gasteiger partial charge in [0.2, 0.25) is 0 Å². The predicted octanol–water partition coefficient (Wildman–Crippen LogP) is 3.03. The fourth-order valence-electron chi connectivity index (χ4n) is 2.31. The molecule has 114 valence electrons. The van der Waals surface area contributed by atoms with E-state index in [4.69, 9.17) is 25.8 Å². The van der Waals surface area contributed by atoms with Crippen molar-refractivity contribution < 1.29 is 23.8 Å². The van der Waals surface area contributed by atoms with Crippen LogP contribution in [0.4, 0.5) is 0 Å². The molecule has 1 fully saturated rings. The summed E-state index contributed by atoms with van der Waals surface area (Å²) in [6, 6.07) is 2.93. The number of methoxy groups -OCH3 is 2. The molecule has 1 saturated carbocycles. The van der Waals surface area contributed by atoms with Crippen LogP contribution in [-0.4, -0.2) is 32.1 Å². The molecule has 1 aromatic rings. The van der Waals surface area contributed by atoms with Crippen LogP contribution in [0.5, 0.6) is 11.5 Å². The smallest absolute Gasteiger partial charge is 0.339 e. The summed E-state index contributed by atoms with van der Waals surface area (Å²) in [6.45, 7) is 0. The van der Waals surface area contributed by atoms with Crippen LogP contribution in [0.15, 0.2) is 12.1 Å². The number of esters is 1. The minimum atomic E-state index is -0.655. The Hall–Kier alpha value is -1.75. The van der Waals surface area contributed by atoms with Crippen molar-refractivity contribution >= 4 is 23.4 Å². The highest BCUT2D eigenvalue weighted by Gasteiger charge is 2.27. The Kier molecular flexibility index (Phi) is 5.07. The van der Waals surface area contributed by atoms with Crippen molar-refractivity contribution in [2.75, 3.05) is 14.2 Å². The molecule has 0 spiro atoms. The standard InChI is InChI=1S/C15H17ClO5/c1-19-13-8-9(7-10(16)14(13)20-2)15(18)21-12-6-4-3-5-11(12)17/h7-8,12H,3-6H2,1-2H3/t12-/m0/s1. The first-order chi connectivity index (χ1) is 10.1. The molecule has 0 aromatic heterocycles. The van der Waals surface area contributed by atoms with Crippen molar-refractivity contribution in [2.45, 2.75) is 31.8 Å². The van der Waals surface area contributed by atoms with Crippen LogP contribution in [-0.2, 0) is 9.53 Å². The van der Waals surface area contributed by atoms with E-state index < -0.39 is 12.1 Å². The lowest BCUT2D eigenvalue weighted by atomic mass is 9.96. The zero-order valence-electron chi connectivity index (χ0n) is 12.0. The van der Waals surface area contributed by atoms with Crippen molar-refractivity contribution in [1.82, 2.24) is 0 Å². The number of ether oxygens (including phenoxy) is 3. The van der Waals surface area contributed by atoms with Crippen LogP contribution in [0.2, 0.25) is 5.02 Å². The molecule has 0 heterocycles. The molecular formula is C15H17ClO5. The van der Waals surface area contributed by atoms with Crippen LogP contribution < -0.4 is 9.47 Å². The number of carbonyl (C=O) groups excluding carboxylic acids is 2. The Morgan fingerprint density at radius 3 is 2.62 bits per heavy atom. The molecule has 1 aliphatic rings. The summed E-state index contributed by atoms with van der Waals surface area (Å²) in [5.74, 6) is 0.0793. The monoisotopic (exact) mass is 312 g/mol. The summed E-state index contributed by atoms with van der Waals surface area (Å²) in [5, 5.41) is 0.249. The highest BCUT2D eigenvalue weighted by atomic mass is 35.5. The third kappa shape index (κ3) is 3.47. The van der Waals surface area contributed by atoms with Crippen molar-refractivity contribution in [3.8, 4) is 11.5 Å². The zero-order chi connectivity index (χ0) is 15.4. The number of benzene rings is 1. The minimum absolute atomic E-state index is 0.0267. The van der Waals surface area contributed by atoms with Crippen molar-refractivity contribution in [3.05, 3.63) is 22.7 Å². The molecule has 0 saturated heterocycles. The summed E-state index contributed by atoms with van der Waals surface area (Å²) >= 11 is 6.05. The van der Waals surface area contributed by atoms with E-state index >= 15 is 0 Å². The van der Waals surface area contributed by atoms with Crippen molar-refractivity contribution in [1.29, 1.82) is 0 Å². The lowest BCUT2D eigenvalue weighted by molar-refractivity contribution is -0.129. The van der Waals surface area contributed by atoms with E-state index in [9.17, 15) is 9.59 Å². The molecule has 0 radical (unpaired) electrons. The first-order valence-electron chi connectivity index (χ1n) is 6.72. The molecule has 0 N–H and O–H groups in total. The number of Topliss-reactive ketones (excluding diaryl/α,β-unsaturated/α-hetero) is 1. The number of hydrogen-bond donors (Lipinski definition) is 0. The third-order valence-electron chi connectivity index (χ3n) is 3.42. The minimum Gasteiger partial charge on any atom is -0.493 e. The predicted molar refractivity (Wildman–Crippen MR) is 77.2 cm³/mol. The summed E-state index contributed by atoms with van der Waals surface area (Å²) < 4.78 is 15.5. The Labute approximate surface area is 128 Å². The average molecular weight is 313 g/mol. The Bertz CT molecular complexity index is 555. The second-order valence-electron chi connectivity index (χ2n) is 4.80. The number of ketones is 1. The van der Waals surface area contributed by atoms with Crippen molar-refractivity contribution in [2.24, 2.45) is 0 Å². The van der Waals surface area contributed by atoms with Gasteiger partial charge in [0.15, 0.2) is 23.4 Å². The van der Waals surface area contributed by atoms with Crippen LogP contribution in [0, 0.1) is 0 Å². The molecule has 0 aliphatic heterocycles. The Morgan fingerprint density at radius 1 is 1.24 bits per heavy atom. The molecule has 1 aliphatic carbocycles. The quantitative estimate of drug-likeness (QED) is 0.800. The second kappa shape index (κ2) is 6.80. The van der Waals surface area contributed by atoms with Crippen LogP contribution in [0.1, 0.15) is 36.0 Å². The fraction of sp³-hybridized carbons (Fsp3) is 0.467. The van der Waals surface area contributed by atoms with E-state index in [-0.39, 0.29) is 16.4 Å². The first kappa shape index (κ1) is 15.6. The lowest BCUT2D eigenvalue weighted by Gasteiger charge is -2.21. The number of halogens is 1. The van der Waals surface area contributed by atoms with Gasteiger partial charge < -0.3 is 14.2 Å². The fourth-order valence-corrected chi connectivity index (χ4v) is 2.60. The van der Waals surface area contributed by atoms with Gasteiger partial charge in [0.1, 0.15) is 0 Å². The molecule has 0 amide bonds. The third-order valence-corrected chi connectivity index (χ3v) is 3.70. The van der Waals surface area contributed by atoms with Gasteiger partial charge in [-0.15, -0.1) is 0 Å². The van der Waals surface area contributed by atoms with E-state index in [1.165, 1.54) is 26.4 Å². The van der Waals surface area contributed by atoms with E-state index in [0.717, 1.165) is 12.8 Å². The number of rotatable bonds is 4. The van der Waals surface area contributed by atoms with Crippen LogP contribution >= 0.6 is 11.6 Å². The van der Waals surface area contributed by atoms with E-state index in [1.54, 1.807) is 0 Å². The largest absolute Gasteiger partial charge is 0.493 e. The highest BCUT2D eigenvalue weighted by Crippen LogP contribution is 2.36. The summed E-state index contributed by atoms with van der Waals surface area (Å²) in [7, 11) is 2.91. The molecular weight excluding hydrogens is 296 g/mol. The molecule has 0 bridgehead atoms. The maximum absolute atomic E-state index is 12.1. The van der Waals surface area contributed by atoms with Gasteiger partial charge in [-0.25, -0.2) is 4.79 Å². The van der Waals surface area contributed by atoms with Gasteiger partial charge >= 0.3 is 5.97 Å². The molecule has 5 nitrogen and oxygen atoms in total. The molecule has 6 heteroatoms. The van der Waals surface area contributed by atoms with Crippen molar-refractivity contribution in [3.63, 3.8) is 0 Å². The topological polar surface area (TPSA) is 61.8 Å². The SMILES string of the molecule is COc1cc(C(=O)O[C@H]2CCCCC2=O)cc(Cl)c1OC. The van der Waals surface area contributed by atoms with E-state index in [0.29, 0.717) is 24.3 Å². The Balaban J connectivity index is 2.19. The zero-order valence-corrected chi connectivity index (χ0v) is 12.7. The van der Waals surface area contributed by atoms with Gasteiger partial charge in [-0.1, -0.05) is 11.6 Å². The highest BCUT2D eigenvalue weighted by molar-refractivity contribution is 6.32. The maximum Gasteiger partial charge on any atom is 0.339 e. The normalized spacial score (nSPS) is 18.2. The maximum atomic E-state index is 12.1. The van der Waals surface area contributed by atoms with Gasteiger partial charge in [-0.2, -0.15) is 0 Å². The molecule has 1 atom stereocenters. The second-order valence-corrected chi connectivity index (χ2v) is 5.21. The first-order valence-corrected chi connectivity index (χ1v) is 7.09. The van der Waals surface area contributed by atoms with Gasteiger partial charge in [-0.05, 0) is 31.4 Å². The molecule has 21 heavy (non-hydrogen) atoms. The molecule has 2 rings (SSSR count). The van der Waals surface area contributed by atoms with Gasteiger partial charge in [-0.3, -0.25) is 4.79 Å². The summed E-state index contributed by atoms with van der Waals surface area (Å²) in [4.78, 5) is 23.9. The molecule has 0 unspecified atom stereocenters. The van der Waals surface area contributed by atoms with Crippen LogP contribution in [0.25, 0.3) is 0 Å². The lowest BCUT2D eigenvalue weighted by Crippen LogP contribution is -2.30. The molecule has 1 aromatic carbocycles. The summed E-state index contributed by atoms with van der Waals surface area (Å²) in [5.41, 5.74) is 0.232. The van der Waals surface area contributed by atoms with Gasteiger partial charge in [0.05, 0.1) is 24.8 Å². The number of hydrogen-bond acceptors (Lipinski definition) is 5. The summed E-state index contributed by atoms with van der Waals surface area (Å²) in [6.07, 6.45) is 2.12. The van der Waals surface area contributed by atoms with Gasteiger partial charge in [0, 0.05) is 6.42 Å². The van der Waals surface area contributed by atoms with Crippen LogP contribution in [0.3, 0.4) is 0 Å². The average Bonchev–Trinajstić information content (AvgIpc) is 2.48. The number of carbonyl (C=O) groups is 2. The van der Waals surface area contributed by atoms with Gasteiger partial charge in [0.25, 0.3) is 0 Å². The van der Waals surface area contributed by atoms with E-state index in [2.05, 4.69) is 0 Å². The van der Waals surface area contributed by atoms with E-state index in [1.807, 2.05) is 0 Å².